The van der Waals surface area contributed by atoms with Gasteiger partial charge >= 0.3 is 6.18 Å². The monoisotopic (exact) mass is 295 g/mol. The standard InChI is InChI=1S/C11H13BrF3N/c1-7-5-9(12)3-4-10(7)16-8(2)6-11(13,14)15/h3-5,8,16H,6H2,1-2H3. The smallest absolute Gasteiger partial charge is 0.382 e. The third-order valence-electron chi connectivity index (χ3n) is 2.13. The second-order valence-electron chi connectivity index (χ2n) is 3.82. The van der Waals surface area contributed by atoms with Gasteiger partial charge in [0.15, 0.2) is 0 Å². The molecule has 0 aliphatic heterocycles. The second-order valence-corrected chi connectivity index (χ2v) is 4.74. The van der Waals surface area contributed by atoms with Crippen LogP contribution in [0.2, 0.25) is 0 Å². The molecule has 0 bridgehead atoms. The summed E-state index contributed by atoms with van der Waals surface area (Å²) in [5, 5.41) is 2.85. The lowest BCUT2D eigenvalue weighted by molar-refractivity contribution is -0.136. The van der Waals surface area contributed by atoms with E-state index in [0.29, 0.717) is 0 Å². The van der Waals surface area contributed by atoms with Gasteiger partial charge in [-0.2, -0.15) is 13.2 Å². The number of hydrogen-bond donors (Lipinski definition) is 1. The molecule has 0 aliphatic carbocycles. The molecule has 16 heavy (non-hydrogen) atoms. The van der Waals surface area contributed by atoms with Crippen molar-refractivity contribution in [1.29, 1.82) is 0 Å². The molecule has 1 nitrogen and oxygen atoms in total. The zero-order valence-corrected chi connectivity index (χ0v) is 10.6. The number of hydrogen-bond acceptors (Lipinski definition) is 1. The van der Waals surface area contributed by atoms with Crippen molar-refractivity contribution in [2.75, 3.05) is 5.32 Å². The minimum atomic E-state index is -4.13. The van der Waals surface area contributed by atoms with Gasteiger partial charge in [0.05, 0.1) is 6.42 Å². The highest BCUT2D eigenvalue weighted by Crippen LogP contribution is 2.25. The maximum Gasteiger partial charge on any atom is 0.391 e. The van der Waals surface area contributed by atoms with E-state index in [9.17, 15) is 13.2 Å². The van der Waals surface area contributed by atoms with Crippen molar-refractivity contribution in [3.63, 3.8) is 0 Å². The van der Waals surface area contributed by atoms with Gasteiger partial charge in [-0.15, -0.1) is 0 Å². The topological polar surface area (TPSA) is 12.0 Å². The highest BCUT2D eigenvalue weighted by Gasteiger charge is 2.29. The molecule has 1 aromatic carbocycles. The van der Waals surface area contributed by atoms with Crippen molar-refractivity contribution >= 4 is 21.6 Å². The summed E-state index contributed by atoms with van der Waals surface area (Å²) in [5.74, 6) is 0. The van der Waals surface area contributed by atoms with Crippen molar-refractivity contribution in [1.82, 2.24) is 0 Å². The average Bonchev–Trinajstić information content (AvgIpc) is 2.06. The number of alkyl halides is 3. The van der Waals surface area contributed by atoms with Gasteiger partial charge < -0.3 is 5.32 Å². The Balaban J connectivity index is 2.66. The Hall–Kier alpha value is -0.710. The molecule has 1 N–H and O–H groups in total. The zero-order valence-electron chi connectivity index (χ0n) is 9.03. The largest absolute Gasteiger partial charge is 0.391 e. The fourth-order valence-corrected chi connectivity index (χ4v) is 1.93. The Labute approximate surface area is 101 Å². The van der Waals surface area contributed by atoms with E-state index in [1.165, 1.54) is 6.92 Å². The van der Waals surface area contributed by atoms with Crippen LogP contribution in [0.25, 0.3) is 0 Å². The summed E-state index contributed by atoms with van der Waals surface area (Å²) in [6.45, 7) is 3.38. The highest BCUT2D eigenvalue weighted by atomic mass is 79.9. The molecule has 0 amide bonds. The molecular formula is C11H13BrF3N. The van der Waals surface area contributed by atoms with Crippen LogP contribution >= 0.6 is 15.9 Å². The number of rotatable bonds is 3. The molecule has 90 valence electrons. The van der Waals surface area contributed by atoms with Gasteiger partial charge in [0.25, 0.3) is 0 Å². The fraction of sp³-hybridized carbons (Fsp3) is 0.455. The van der Waals surface area contributed by atoms with Gasteiger partial charge in [-0.25, -0.2) is 0 Å². The summed E-state index contributed by atoms with van der Waals surface area (Å²) in [6, 6.07) is 4.81. The van der Waals surface area contributed by atoms with Crippen LogP contribution in [0.4, 0.5) is 18.9 Å². The van der Waals surface area contributed by atoms with Crippen LogP contribution in [-0.2, 0) is 0 Å². The summed E-state index contributed by atoms with van der Waals surface area (Å²) in [5.41, 5.74) is 1.66. The maximum absolute atomic E-state index is 12.1. The van der Waals surface area contributed by atoms with E-state index in [1.807, 2.05) is 13.0 Å². The van der Waals surface area contributed by atoms with Crippen LogP contribution in [0.5, 0.6) is 0 Å². The first-order valence-electron chi connectivity index (χ1n) is 4.87. The summed E-state index contributed by atoms with van der Waals surface area (Å²) >= 11 is 3.30. The summed E-state index contributed by atoms with van der Waals surface area (Å²) in [4.78, 5) is 0. The van der Waals surface area contributed by atoms with Crippen LogP contribution in [0, 0.1) is 6.92 Å². The SMILES string of the molecule is Cc1cc(Br)ccc1NC(C)CC(F)(F)F. The lowest BCUT2D eigenvalue weighted by Gasteiger charge is -2.18. The van der Waals surface area contributed by atoms with Gasteiger partial charge in [0.1, 0.15) is 0 Å². The first-order valence-corrected chi connectivity index (χ1v) is 5.66. The van der Waals surface area contributed by atoms with Gasteiger partial charge in [0, 0.05) is 16.2 Å². The van der Waals surface area contributed by atoms with Crippen LogP contribution in [0.3, 0.4) is 0 Å². The van der Waals surface area contributed by atoms with Crippen molar-refractivity contribution in [2.24, 2.45) is 0 Å². The molecule has 0 heterocycles. The third kappa shape index (κ3) is 4.43. The number of halogens is 4. The van der Waals surface area contributed by atoms with E-state index in [1.54, 1.807) is 12.1 Å². The summed E-state index contributed by atoms with van der Waals surface area (Å²) in [7, 11) is 0. The Morgan fingerprint density at radius 3 is 2.50 bits per heavy atom. The predicted molar refractivity (Wildman–Crippen MR) is 62.6 cm³/mol. The van der Waals surface area contributed by atoms with Crippen LogP contribution in [0.15, 0.2) is 22.7 Å². The van der Waals surface area contributed by atoms with Crippen molar-refractivity contribution in [2.45, 2.75) is 32.5 Å². The minimum absolute atomic E-state index is 0.625. The van der Waals surface area contributed by atoms with Crippen LogP contribution < -0.4 is 5.32 Å². The number of benzene rings is 1. The Bertz CT molecular complexity index is 363. The Morgan fingerprint density at radius 2 is 2.00 bits per heavy atom. The molecule has 0 spiro atoms. The molecule has 0 radical (unpaired) electrons. The maximum atomic E-state index is 12.1. The van der Waals surface area contributed by atoms with E-state index in [2.05, 4.69) is 21.2 Å². The molecular weight excluding hydrogens is 283 g/mol. The predicted octanol–water partition coefficient (Wildman–Crippen LogP) is 4.51. The van der Waals surface area contributed by atoms with E-state index in [0.717, 1.165) is 15.7 Å². The molecule has 1 unspecified atom stereocenters. The van der Waals surface area contributed by atoms with Gasteiger partial charge in [-0.3, -0.25) is 0 Å². The molecule has 0 saturated heterocycles. The summed E-state index contributed by atoms with van der Waals surface area (Å²) < 4.78 is 37.3. The minimum Gasteiger partial charge on any atom is -0.382 e. The van der Waals surface area contributed by atoms with Gasteiger partial charge in [0.2, 0.25) is 0 Å². The molecule has 0 aliphatic rings. The first kappa shape index (κ1) is 13.4. The first-order chi connectivity index (χ1) is 7.28. The lowest BCUT2D eigenvalue weighted by atomic mass is 10.1. The number of aryl methyl sites for hydroxylation is 1. The van der Waals surface area contributed by atoms with Gasteiger partial charge in [-0.1, -0.05) is 15.9 Å². The fourth-order valence-electron chi connectivity index (χ4n) is 1.45. The molecule has 1 rings (SSSR count). The molecule has 0 fully saturated rings. The summed E-state index contributed by atoms with van der Waals surface area (Å²) in [6.07, 6.45) is -4.96. The molecule has 1 atom stereocenters. The molecule has 1 aromatic rings. The van der Waals surface area contributed by atoms with E-state index < -0.39 is 18.6 Å². The van der Waals surface area contributed by atoms with E-state index in [-0.39, 0.29) is 0 Å². The van der Waals surface area contributed by atoms with Crippen LogP contribution in [0.1, 0.15) is 18.9 Å². The molecule has 5 heteroatoms. The van der Waals surface area contributed by atoms with E-state index >= 15 is 0 Å². The van der Waals surface area contributed by atoms with Crippen molar-refractivity contribution in [3.8, 4) is 0 Å². The van der Waals surface area contributed by atoms with Gasteiger partial charge in [-0.05, 0) is 37.6 Å². The Kier molecular flexibility index (Phi) is 4.24. The Morgan fingerprint density at radius 1 is 1.38 bits per heavy atom. The van der Waals surface area contributed by atoms with Crippen molar-refractivity contribution < 1.29 is 13.2 Å². The normalized spacial score (nSPS) is 13.6. The second kappa shape index (κ2) is 5.08. The van der Waals surface area contributed by atoms with E-state index in [4.69, 9.17) is 0 Å². The van der Waals surface area contributed by atoms with Crippen molar-refractivity contribution in [3.05, 3.63) is 28.2 Å². The number of anilines is 1. The molecule has 0 aromatic heterocycles. The quantitative estimate of drug-likeness (QED) is 0.865. The van der Waals surface area contributed by atoms with Crippen LogP contribution in [-0.4, -0.2) is 12.2 Å². The highest BCUT2D eigenvalue weighted by molar-refractivity contribution is 9.10. The lowest BCUT2D eigenvalue weighted by Crippen LogP contribution is -2.24. The molecule has 0 saturated carbocycles. The zero-order chi connectivity index (χ0) is 12.3. The number of nitrogens with one attached hydrogen (secondary N) is 1. The third-order valence-corrected chi connectivity index (χ3v) is 2.62. The average molecular weight is 296 g/mol.